The third-order valence-electron chi connectivity index (χ3n) is 4.61. The molecule has 1 fully saturated rings. The lowest BCUT2D eigenvalue weighted by Gasteiger charge is -2.42. The van der Waals surface area contributed by atoms with E-state index < -0.39 is 0 Å². The first kappa shape index (κ1) is 18.8. The Morgan fingerprint density at radius 3 is 2.79 bits per heavy atom. The summed E-state index contributed by atoms with van der Waals surface area (Å²) in [6.45, 7) is 5.50. The minimum absolute atomic E-state index is 0. The first-order valence-electron chi connectivity index (χ1n) is 7.73. The van der Waals surface area contributed by atoms with Crippen LogP contribution in [0.1, 0.15) is 30.6 Å². The lowest BCUT2D eigenvalue weighted by molar-refractivity contribution is 0.0534. The molecule has 2 heterocycles. The number of piperidine rings is 1. The zero-order valence-electron chi connectivity index (χ0n) is 13.8. The Morgan fingerprint density at radius 2 is 2.12 bits per heavy atom. The number of carbonyl (C=O) groups is 1. The summed E-state index contributed by atoms with van der Waals surface area (Å²) in [7, 11) is 0. The van der Waals surface area contributed by atoms with E-state index in [1.807, 2.05) is 23.1 Å². The monoisotopic (exact) mass is 368 g/mol. The van der Waals surface area contributed by atoms with Crippen LogP contribution in [-0.2, 0) is 0 Å². The minimum Gasteiger partial charge on any atom is -0.338 e. The van der Waals surface area contributed by atoms with Crippen molar-refractivity contribution in [3.05, 3.63) is 41.0 Å². The molecule has 3 N–H and O–H groups in total. The Kier molecular flexibility index (Phi) is 5.58. The molecule has 7 heteroatoms. The van der Waals surface area contributed by atoms with E-state index in [0.29, 0.717) is 29.4 Å². The van der Waals surface area contributed by atoms with E-state index in [1.54, 1.807) is 12.3 Å². The minimum atomic E-state index is -0.0950. The van der Waals surface area contributed by atoms with Gasteiger partial charge in [-0.05, 0) is 17.9 Å². The number of carbonyl (C=O) groups excluding carboxylic acids is 1. The lowest BCUT2D eigenvalue weighted by Crippen LogP contribution is -2.54. The topological polar surface area (TPSA) is 75.0 Å². The van der Waals surface area contributed by atoms with Gasteiger partial charge in [-0.3, -0.25) is 9.89 Å². The summed E-state index contributed by atoms with van der Waals surface area (Å²) < 4.78 is 0. The van der Waals surface area contributed by atoms with Gasteiger partial charge in [0.15, 0.2) is 0 Å². The van der Waals surface area contributed by atoms with Gasteiger partial charge in [-0.1, -0.05) is 43.6 Å². The summed E-state index contributed by atoms with van der Waals surface area (Å²) in [6, 6.07) is 7.54. The van der Waals surface area contributed by atoms with Crippen LogP contribution in [0, 0.1) is 5.41 Å². The molecule has 1 amide bonds. The van der Waals surface area contributed by atoms with E-state index in [4.69, 9.17) is 17.3 Å². The molecule has 1 aromatic heterocycles. The van der Waals surface area contributed by atoms with E-state index in [0.717, 1.165) is 12.0 Å². The van der Waals surface area contributed by atoms with Gasteiger partial charge in [-0.2, -0.15) is 5.10 Å². The van der Waals surface area contributed by atoms with E-state index in [2.05, 4.69) is 24.0 Å². The summed E-state index contributed by atoms with van der Waals surface area (Å²) in [5.74, 6) is -0.0337. The molecule has 0 radical (unpaired) electrons. The van der Waals surface area contributed by atoms with Crippen LogP contribution in [0.25, 0.3) is 11.3 Å². The molecule has 24 heavy (non-hydrogen) atoms. The van der Waals surface area contributed by atoms with E-state index in [-0.39, 0.29) is 29.8 Å². The lowest BCUT2D eigenvalue weighted by atomic mass is 9.79. The zero-order chi connectivity index (χ0) is 16.6. The highest BCUT2D eigenvalue weighted by Gasteiger charge is 2.36. The van der Waals surface area contributed by atoms with Crippen LogP contribution in [0.15, 0.2) is 30.5 Å². The van der Waals surface area contributed by atoms with Gasteiger partial charge in [0.05, 0.1) is 17.5 Å². The van der Waals surface area contributed by atoms with Crippen molar-refractivity contribution in [1.82, 2.24) is 15.1 Å². The average molecular weight is 369 g/mol. The molecule has 1 aromatic carbocycles. The van der Waals surface area contributed by atoms with Crippen molar-refractivity contribution in [3.8, 4) is 11.3 Å². The molecule has 0 saturated carbocycles. The molecule has 1 aliphatic rings. The smallest absolute Gasteiger partial charge is 0.257 e. The van der Waals surface area contributed by atoms with Crippen molar-refractivity contribution < 1.29 is 4.79 Å². The van der Waals surface area contributed by atoms with Crippen molar-refractivity contribution in [2.24, 2.45) is 11.1 Å². The second-order valence-electron chi connectivity index (χ2n) is 6.75. The van der Waals surface area contributed by atoms with E-state index >= 15 is 0 Å². The van der Waals surface area contributed by atoms with Crippen molar-refractivity contribution in [2.45, 2.75) is 26.3 Å². The van der Waals surface area contributed by atoms with Gasteiger partial charge in [0.1, 0.15) is 0 Å². The quantitative estimate of drug-likeness (QED) is 0.853. The number of amides is 1. The molecule has 0 spiro atoms. The molecule has 0 aliphatic carbocycles. The number of nitrogens with two attached hydrogens (primary N) is 1. The normalized spacial score (nSPS) is 19.7. The van der Waals surface area contributed by atoms with E-state index in [1.165, 1.54) is 0 Å². The summed E-state index contributed by atoms with van der Waals surface area (Å²) in [6.07, 6.45) is 2.38. The molecule has 2 aromatic rings. The van der Waals surface area contributed by atoms with Gasteiger partial charge in [0, 0.05) is 29.7 Å². The largest absolute Gasteiger partial charge is 0.338 e. The number of H-pyrrole nitrogens is 1. The summed E-state index contributed by atoms with van der Waals surface area (Å²) in [5, 5.41) is 7.55. The first-order chi connectivity index (χ1) is 10.9. The van der Waals surface area contributed by atoms with Crippen LogP contribution in [0.2, 0.25) is 5.02 Å². The van der Waals surface area contributed by atoms with Crippen LogP contribution >= 0.6 is 24.0 Å². The van der Waals surface area contributed by atoms with Gasteiger partial charge < -0.3 is 10.6 Å². The van der Waals surface area contributed by atoms with Crippen molar-refractivity contribution in [3.63, 3.8) is 0 Å². The molecule has 1 aliphatic heterocycles. The number of aromatic amines is 1. The van der Waals surface area contributed by atoms with Gasteiger partial charge in [0.2, 0.25) is 0 Å². The predicted molar refractivity (Wildman–Crippen MR) is 98.6 cm³/mol. The Balaban J connectivity index is 0.00000208. The number of benzene rings is 1. The fourth-order valence-electron chi connectivity index (χ4n) is 3.04. The Morgan fingerprint density at radius 1 is 1.42 bits per heavy atom. The fourth-order valence-corrected chi connectivity index (χ4v) is 3.27. The molecule has 1 atom stereocenters. The Bertz CT molecular complexity index is 729. The number of rotatable bonds is 2. The molecular weight excluding hydrogens is 347 g/mol. The maximum absolute atomic E-state index is 12.9. The number of aromatic nitrogens is 2. The van der Waals surface area contributed by atoms with Gasteiger partial charge in [0.25, 0.3) is 5.91 Å². The molecule has 130 valence electrons. The molecule has 1 unspecified atom stereocenters. The number of halogens is 2. The first-order valence-corrected chi connectivity index (χ1v) is 8.11. The van der Waals surface area contributed by atoms with E-state index in [9.17, 15) is 4.79 Å². The highest BCUT2D eigenvalue weighted by Crippen LogP contribution is 2.32. The molecule has 0 bridgehead atoms. The summed E-state index contributed by atoms with van der Waals surface area (Å²) in [4.78, 5) is 14.8. The number of hydrogen-bond donors (Lipinski definition) is 2. The van der Waals surface area contributed by atoms with Crippen LogP contribution in [0.4, 0.5) is 0 Å². The number of hydrogen-bond acceptors (Lipinski definition) is 3. The van der Waals surface area contributed by atoms with Crippen molar-refractivity contribution >= 4 is 29.9 Å². The molecule has 1 saturated heterocycles. The van der Waals surface area contributed by atoms with Crippen LogP contribution in [0.3, 0.4) is 0 Å². The number of nitrogens with one attached hydrogen (secondary N) is 1. The number of nitrogens with zero attached hydrogens (tertiary/aromatic N) is 2. The molecule has 3 rings (SSSR count). The maximum Gasteiger partial charge on any atom is 0.257 e. The molecule has 5 nitrogen and oxygen atoms in total. The second-order valence-corrected chi connectivity index (χ2v) is 7.16. The SMILES string of the molecule is CC1(C)CN(C(=O)c2cn[nH]c2-c2ccccc2Cl)CCC1N.Cl. The maximum atomic E-state index is 12.9. The van der Waals surface area contributed by atoms with Crippen molar-refractivity contribution in [1.29, 1.82) is 0 Å². The average Bonchev–Trinajstić information content (AvgIpc) is 2.99. The van der Waals surface area contributed by atoms with Crippen LogP contribution in [0.5, 0.6) is 0 Å². The summed E-state index contributed by atoms with van der Waals surface area (Å²) >= 11 is 6.25. The summed E-state index contributed by atoms with van der Waals surface area (Å²) in [5.41, 5.74) is 8.05. The van der Waals surface area contributed by atoms with Crippen molar-refractivity contribution in [2.75, 3.05) is 13.1 Å². The fraction of sp³-hybridized carbons (Fsp3) is 0.412. The highest BCUT2D eigenvalue weighted by molar-refractivity contribution is 6.33. The zero-order valence-corrected chi connectivity index (χ0v) is 15.3. The van der Waals surface area contributed by atoms with Gasteiger partial charge in [-0.15, -0.1) is 12.4 Å². The third-order valence-corrected chi connectivity index (χ3v) is 4.94. The predicted octanol–water partition coefficient (Wildman–Crippen LogP) is 3.35. The highest BCUT2D eigenvalue weighted by atomic mass is 35.5. The van der Waals surface area contributed by atoms with Crippen LogP contribution in [-0.4, -0.2) is 40.1 Å². The Hall–Kier alpha value is -1.56. The van der Waals surface area contributed by atoms with Gasteiger partial charge in [-0.25, -0.2) is 0 Å². The van der Waals surface area contributed by atoms with Gasteiger partial charge >= 0.3 is 0 Å². The second kappa shape index (κ2) is 7.13. The Labute approximate surface area is 153 Å². The number of likely N-dealkylation sites (tertiary alicyclic amines) is 1. The molecular formula is C17H22Cl2N4O. The standard InChI is InChI=1S/C17H21ClN4O.ClH/c1-17(2)10-22(8-7-14(17)19)16(23)12-9-20-21-15(12)11-5-3-4-6-13(11)18;/h3-6,9,14H,7-8,10,19H2,1-2H3,(H,20,21);1H. The third kappa shape index (κ3) is 3.43. The van der Waals surface area contributed by atoms with Crippen LogP contribution < -0.4 is 5.73 Å².